The number of rotatable bonds is 5. The van der Waals surface area contributed by atoms with Crippen LogP contribution in [0.15, 0.2) is 46.7 Å². The van der Waals surface area contributed by atoms with Gasteiger partial charge in [-0.3, -0.25) is 0 Å². The molecule has 2 aromatic rings. The molecule has 1 heterocycles. The van der Waals surface area contributed by atoms with Crippen LogP contribution in [0.25, 0.3) is 0 Å². The van der Waals surface area contributed by atoms with E-state index >= 15 is 0 Å². The molecule has 2 rings (SSSR count). The molecule has 0 saturated heterocycles. The molecular formula is C13H13FOS2. The number of aliphatic hydroxyl groups is 1. The van der Waals surface area contributed by atoms with Crippen LogP contribution in [0, 0.1) is 5.82 Å². The summed E-state index contributed by atoms with van der Waals surface area (Å²) in [4.78, 5) is 1.75. The van der Waals surface area contributed by atoms with E-state index in [-0.39, 0.29) is 5.82 Å². The fourth-order valence-electron chi connectivity index (χ4n) is 1.47. The average Bonchev–Trinajstić information content (AvgIpc) is 2.81. The third-order valence-electron chi connectivity index (χ3n) is 2.28. The molecule has 0 aliphatic heterocycles. The summed E-state index contributed by atoms with van der Waals surface area (Å²) in [6.07, 6.45) is 0.206. The Morgan fingerprint density at radius 1 is 1.24 bits per heavy atom. The Hall–Kier alpha value is -0.840. The second kappa shape index (κ2) is 6.19. The molecular weight excluding hydrogens is 255 g/mol. The van der Waals surface area contributed by atoms with Crippen molar-refractivity contribution in [2.75, 3.05) is 5.75 Å². The minimum absolute atomic E-state index is 0.221. The smallest absolute Gasteiger partial charge is 0.136 e. The Labute approximate surface area is 108 Å². The lowest BCUT2D eigenvalue weighted by atomic mass is 10.2. The number of halogens is 1. The highest BCUT2D eigenvalue weighted by molar-refractivity contribution is 7.99. The number of aliphatic hydroxyl groups excluding tert-OH is 1. The van der Waals surface area contributed by atoms with Crippen molar-refractivity contribution in [2.45, 2.75) is 17.4 Å². The van der Waals surface area contributed by atoms with Gasteiger partial charge in [-0.05, 0) is 23.6 Å². The van der Waals surface area contributed by atoms with Gasteiger partial charge < -0.3 is 5.11 Å². The molecule has 4 heteroatoms. The van der Waals surface area contributed by atoms with Crippen LogP contribution < -0.4 is 0 Å². The molecule has 0 amide bonds. The summed E-state index contributed by atoms with van der Waals surface area (Å²) in [5, 5.41) is 11.8. The van der Waals surface area contributed by atoms with E-state index < -0.39 is 6.10 Å². The van der Waals surface area contributed by atoms with Gasteiger partial charge in [0.25, 0.3) is 0 Å². The Kier molecular flexibility index (Phi) is 4.59. The molecule has 0 saturated carbocycles. The number of hydrogen-bond donors (Lipinski definition) is 1. The third kappa shape index (κ3) is 3.84. The summed E-state index contributed by atoms with van der Waals surface area (Å²) < 4.78 is 13.3. The van der Waals surface area contributed by atoms with Gasteiger partial charge >= 0.3 is 0 Å². The number of thioether (sulfide) groups is 1. The van der Waals surface area contributed by atoms with Crippen molar-refractivity contribution < 1.29 is 9.50 Å². The van der Waals surface area contributed by atoms with Crippen molar-refractivity contribution in [3.8, 4) is 0 Å². The molecule has 0 aliphatic rings. The van der Waals surface area contributed by atoms with E-state index in [9.17, 15) is 9.50 Å². The predicted octanol–water partition coefficient (Wildman–Crippen LogP) is 3.58. The lowest BCUT2D eigenvalue weighted by molar-refractivity contribution is 0.201. The Balaban J connectivity index is 1.84. The Morgan fingerprint density at radius 3 is 2.76 bits per heavy atom. The van der Waals surface area contributed by atoms with Crippen LogP contribution >= 0.6 is 23.1 Å². The maximum atomic E-state index is 13.3. The van der Waals surface area contributed by atoms with Gasteiger partial charge in [-0.25, -0.2) is 4.39 Å². The summed E-state index contributed by atoms with van der Waals surface area (Å²) in [5.41, 5.74) is 0. The minimum atomic E-state index is -0.432. The molecule has 1 atom stereocenters. The fourth-order valence-corrected chi connectivity index (χ4v) is 3.12. The molecule has 0 spiro atoms. The maximum Gasteiger partial charge on any atom is 0.136 e. The second-order valence-corrected chi connectivity index (χ2v) is 5.77. The lowest BCUT2D eigenvalue weighted by Gasteiger charge is -2.09. The van der Waals surface area contributed by atoms with E-state index in [2.05, 4.69) is 0 Å². The predicted molar refractivity (Wildman–Crippen MR) is 71.2 cm³/mol. The van der Waals surface area contributed by atoms with Gasteiger partial charge in [0.15, 0.2) is 0 Å². The van der Waals surface area contributed by atoms with Gasteiger partial charge in [-0.2, -0.15) is 0 Å². The summed E-state index contributed by atoms with van der Waals surface area (Å²) in [5.74, 6) is 0.291. The highest BCUT2D eigenvalue weighted by atomic mass is 32.2. The summed E-state index contributed by atoms with van der Waals surface area (Å²) in [7, 11) is 0. The first kappa shape index (κ1) is 12.6. The van der Waals surface area contributed by atoms with E-state index in [1.165, 1.54) is 17.8 Å². The molecule has 1 N–H and O–H groups in total. The van der Waals surface area contributed by atoms with Crippen LogP contribution in [-0.4, -0.2) is 17.0 Å². The molecule has 0 bridgehead atoms. The van der Waals surface area contributed by atoms with Crippen LogP contribution in [-0.2, 0) is 6.42 Å². The monoisotopic (exact) mass is 268 g/mol. The van der Waals surface area contributed by atoms with Crippen LogP contribution in [0.4, 0.5) is 4.39 Å². The minimum Gasteiger partial charge on any atom is -0.392 e. The first-order valence-corrected chi connectivity index (χ1v) is 7.20. The second-order valence-electron chi connectivity index (χ2n) is 3.68. The molecule has 1 aromatic carbocycles. The normalized spacial score (nSPS) is 12.6. The molecule has 1 aromatic heterocycles. The van der Waals surface area contributed by atoms with E-state index in [0.717, 1.165) is 4.88 Å². The van der Waals surface area contributed by atoms with E-state index in [4.69, 9.17) is 0 Å². The van der Waals surface area contributed by atoms with Crippen molar-refractivity contribution in [2.24, 2.45) is 0 Å². The van der Waals surface area contributed by atoms with Crippen LogP contribution in [0.3, 0.4) is 0 Å². The van der Waals surface area contributed by atoms with Gasteiger partial charge in [0.05, 0.1) is 6.10 Å². The maximum absolute atomic E-state index is 13.3. The zero-order valence-electron chi connectivity index (χ0n) is 9.17. The molecule has 17 heavy (non-hydrogen) atoms. The number of hydrogen-bond acceptors (Lipinski definition) is 3. The van der Waals surface area contributed by atoms with Crippen LogP contribution in [0.1, 0.15) is 4.88 Å². The summed E-state index contributed by atoms with van der Waals surface area (Å²) in [6, 6.07) is 10.6. The third-order valence-corrected chi connectivity index (χ3v) is 4.38. The van der Waals surface area contributed by atoms with Gasteiger partial charge in [0.2, 0.25) is 0 Å². The van der Waals surface area contributed by atoms with E-state index in [1.807, 2.05) is 17.5 Å². The first-order valence-electron chi connectivity index (χ1n) is 5.33. The van der Waals surface area contributed by atoms with E-state index in [1.54, 1.807) is 29.5 Å². The van der Waals surface area contributed by atoms with Crippen LogP contribution in [0.2, 0.25) is 0 Å². The molecule has 0 fully saturated rings. The summed E-state index contributed by atoms with van der Waals surface area (Å²) in [6.45, 7) is 0. The standard InChI is InChI=1S/C13H13FOS2/c14-12-5-1-2-6-13(12)17-9-10(15)8-11-4-3-7-16-11/h1-7,10,15H,8-9H2. The van der Waals surface area contributed by atoms with Crippen molar-refractivity contribution >= 4 is 23.1 Å². The van der Waals surface area contributed by atoms with Crippen molar-refractivity contribution in [3.05, 3.63) is 52.5 Å². The average molecular weight is 268 g/mol. The Morgan fingerprint density at radius 2 is 2.06 bits per heavy atom. The SMILES string of the molecule is OC(CSc1ccccc1F)Cc1cccs1. The Bertz CT molecular complexity index is 456. The van der Waals surface area contributed by atoms with Gasteiger partial charge in [-0.15, -0.1) is 23.1 Å². The van der Waals surface area contributed by atoms with E-state index in [0.29, 0.717) is 17.1 Å². The quantitative estimate of drug-likeness (QED) is 0.836. The molecule has 1 nitrogen and oxygen atoms in total. The lowest BCUT2D eigenvalue weighted by Crippen LogP contribution is -2.12. The van der Waals surface area contributed by atoms with Crippen LogP contribution in [0.5, 0.6) is 0 Å². The van der Waals surface area contributed by atoms with Crippen molar-refractivity contribution in [1.82, 2.24) is 0 Å². The number of benzene rings is 1. The van der Waals surface area contributed by atoms with Crippen molar-refractivity contribution in [3.63, 3.8) is 0 Å². The van der Waals surface area contributed by atoms with Gasteiger partial charge in [-0.1, -0.05) is 18.2 Å². The molecule has 1 unspecified atom stereocenters. The summed E-state index contributed by atoms with van der Waals surface area (Å²) >= 11 is 2.99. The first-order chi connectivity index (χ1) is 8.25. The zero-order valence-corrected chi connectivity index (χ0v) is 10.8. The number of thiophene rings is 1. The fraction of sp³-hybridized carbons (Fsp3) is 0.231. The molecule has 0 aliphatic carbocycles. The largest absolute Gasteiger partial charge is 0.392 e. The zero-order chi connectivity index (χ0) is 12.1. The van der Waals surface area contributed by atoms with Gasteiger partial charge in [0.1, 0.15) is 5.82 Å². The topological polar surface area (TPSA) is 20.2 Å². The highest BCUT2D eigenvalue weighted by Gasteiger charge is 2.09. The highest BCUT2D eigenvalue weighted by Crippen LogP contribution is 2.23. The van der Waals surface area contributed by atoms with Gasteiger partial charge in [0, 0.05) is 21.9 Å². The molecule has 90 valence electrons. The van der Waals surface area contributed by atoms with Crippen molar-refractivity contribution in [1.29, 1.82) is 0 Å². The molecule has 0 radical (unpaired) electrons.